The summed E-state index contributed by atoms with van der Waals surface area (Å²) < 4.78 is 53.9. The number of furan rings is 1. The van der Waals surface area contributed by atoms with Crippen LogP contribution < -0.4 is 14.8 Å². The molecule has 1 amide bonds. The quantitative estimate of drug-likeness (QED) is 0.316. The van der Waals surface area contributed by atoms with Crippen molar-refractivity contribution in [1.82, 2.24) is 5.32 Å². The van der Waals surface area contributed by atoms with Gasteiger partial charge in [-0.05, 0) is 56.2 Å². The molecule has 188 valence electrons. The lowest BCUT2D eigenvalue weighted by Gasteiger charge is -2.16. The molecule has 36 heavy (non-hydrogen) atoms. The van der Waals surface area contributed by atoms with Crippen molar-refractivity contribution in [3.05, 3.63) is 83.7 Å². The second kappa shape index (κ2) is 10.4. The lowest BCUT2D eigenvalue weighted by molar-refractivity contribution is 0.0964. The maximum atomic E-state index is 13.5. The second-order valence-corrected chi connectivity index (χ2v) is 10.4. The molecule has 1 heterocycles. The van der Waals surface area contributed by atoms with Crippen molar-refractivity contribution in [2.45, 2.75) is 26.4 Å². The third-order valence-electron chi connectivity index (χ3n) is 5.48. The predicted molar refractivity (Wildman–Crippen MR) is 138 cm³/mol. The number of ether oxygens (including phenoxy) is 1. The van der Waals surface area contributed by atoms with Gasteiger partial charge in [-0.3, -0.25) is 9.52 Å². The molecular weight excluding hydrogens is 483 g/mol. The van der Waals surface area contributed by atoms with Crippen molar-refractivity contribution < 1.29 is 26.8 Å². The first-order valence-corrected chi connectivity index (χ1v) is 13.1. The van der Waals surface area contributed by atoms with Gasteiger partial charge < -0.3 is 14.5 Å². The average Bonchev–Trinajstić information content (AvgIpc) is 3.21. The van der Waals surface area contributed by atoms with E-state index in [1.54, 1.807) is 6.07 Å². The van der Waals surface area contributed by atoms with Gasteiger partial charge in [0.1, 0.15) is 22.9 Å². The van der Waals surface area contributed by atoms with E-state index in [9.17, 15) is 17.6 Å². The molecule has 0 atom stereocenters. The van der Waals surface area contributed by atoms with Gasteiger partial charge in [0.05, 0.1) is 23.1 Å². The van der Waals surface area contributed by atoms with Crippen LogP contribution in [0.25, 0.3) is 22.3 Å². The van der Waals surface area contributed by atoms with Crippen LogP contribution >= 0.6 is 0 Å². The van der Waals surface area contributed by atoms with Gasteiger partial charge in [-0.2, -0.15) is 0 Å². The molecule has 0 aliphatic rings. The number of hydrogen-bond donors (Lipinski definition) is 2. The van der Waals surface area contributed by atoms with Gasteiger partial charge in [0, 0.05) is 24.1 Å². The van der Waals surface area contributed by atoms with E-state index in [2.05, 4.69) is 10.0 Å². The Morgan fingerprint density at radius 2 is 1.75 bits per heavy atom. The second-order valence-electron chi connectivity index (χ2n) is 8.56. The van der Waals surface area contributed by atoms with E-state index in [-0.39, 0.29) is 40.2 Å². The van der Waals surface area contributed by atoms with Crippen LogP contribution in [0.3, 0.4) is 0 Å². The van der Waals surface area contributed by atoms with Crippen molar-refractivity contribution in [3.63, 3.8) is 0 Å². The standard InChI is InChI=1S/C27H27FN2O5S/c1-17(2)34-24-15-21-23(16-22(24)30-36(32,33)14-13-18-7-5-4-6-8-18)35-26(25(21)27(31)29-3)19-9-11-20(28)12-10-19/h4-12,15-17,30H,13-14H2,1-3H3,(H,29,31). The van der Waals surface area contributed by atoms with E-state index >= 15 is 0 Å². The predicted octanol–water partition coefficient (Wildman–Crippen LogP) is 5.37. The highest BCUT2D eigenvalue weighted by Gasteiger charge is 2.25. The van der Waals surface area contributed by atoms with Crippen LogP contribution in [0.15, 0.2) is 71.1 Å². The molecular formula is C27H27FN2O5S. The van der Waals surface area contributed by atoms with Gasteiger partial charge in [-0.25, -0.2) is 12.8 Å². The van der Waals surface area contributed by atoms with Crippen LogP contribution in [-0.2, 0) is 16.4 Å². The third-order valence-corrected chi connectivity index (χ3v) is 6.75. The number of hydrogen-bond acceptors (Lipinski definition) is 5. The fraction of sp³-hybridized carbons (Fsp3) is 0.222. The smallest absolute Gasteiger partial charge is 0.255 e. The molecule has 0 fully saturated rings. The largest absolute Gasteiger partial charge is 0.489 e. The Balaban J connectivity index is 1.78. The minimum atomic E-state index is -3.73. The summed E-state index contributed by atoms with van der Waals surface area (Å²) in [4.78, 5) is 12.8. The first-order valence-electron chi connectivity index (χ1n) is 11.5. The molecule has 4 rings (SSSR count). The van der Waals surface area contributed by atoms with Gasteiger partial charge in [0.2, 0.25) is 10.0 Å². The molecule has 1 aromatic heterocycles. The molecule has 0 saturated carbocycles. The number of fused-ring (bicyclic) bond motifs is 1. The Hall–Kier alpha value is -3.85. The molecule has 0 unspecified atom stereocenters. The molecule has 3 aromatic carbocycles. The number of amides is 1. The van der Waals surface area contributed by atoms with Gasteiger partial charge in [-0.15, -0.1) is 0 Å². The zero-order valence-corrected chi connectivity index (χ0v) is 21.0. The molecule has 4 aromatic rings. The van der Waals surface area contributed by atoms with E-state index in [4.69, 9.17) is 9.15 Å². The van der Waals surface area contributed by atoms with Crippen molar-refractivity contribution in [2.75, 3.05) is 17.5 Å². The van der Waals surface area contributed by atoms with E-state index < -0.39 is 21.7 Å². The molecule has 2 N–H and O–H groups in total. The number of benzene rings is 3. The van der Waals surface area contributed by atoms with E-state index in [1.807, 2.05) is 44.2 Å². The number of rotatable bonds is 9. The molecule has 0 saturated heterocycles. The van der Waals surface area contributed by atoms with Crippen LogP contribution in [0.5, 0.6) is 5.75 Å². The third kappa shape index (κ3) is 5.68. The maximum absolute atomic E-state index is 13.5. The summed E-state index contributed by atoms with van der Waals surface area (Å²) in [5.41, 5.74) is 2.13. The molecule has 0 aliphatic carbocycles. The normalized spacial score (nSPS) is 11.6. The summed E-state index contributed by atoms with van der Waals surface area (Å²) in [5, 5.41) is 3.04. The van der Waals surface area contributed by atoms with Crippen LogP contribution in [-0.4, -0.2) is 33.2 Å². The Bertz CT molecular complexity index is 1480. The minimum absolute atomic E-state index is 0.126. The Morgan fingerprint density at radius 3 is 2.39 bits per heavy atom. The van der Waals surface area contributed by atoms with Crippen LogP contribution in [0, 0.1) is 5.82 Å². The number of halogens is 1. The highest BCUT2D eigenvalue weighted by atomic mass is 32.2. The molecule has 0 radical (unpaired) electrons. The fourth-order valence-electron chi connectivity index (χ4n) is 3.82. The lowest BCUT2D eigenvalue weighted by atomic mass is 10.0. The monoisotopic (exact) mass is 510 g/mol. The van der Waals surface area contributed by atoms with Crippen molar-refractivity contribution in [3.8, 4) is 17.1 Å². The van der Waals surface area contributed by atoms with E-state index in [0.717, 1.165) is 5.56 Å². The first kappa shape index (κ1) is 25.2. The summed E-state index contributed by atoms with van der Waals surface area (Å²) in [6, 6.07) is 18.0. The number of carbonyl (C=O) groups is 1. The topological polar surface area (TPSA) is 97.6 Å². The minimum Gasteiger partial charge on any atom is -0.489 e. The molecule has 9 heteroatoms. The zero-order chi connectivity index (χ0) is 25.9. The van der Waals surface area contributed by atoms with E-state index in [1.165, 1.54) is 37.4 Å². The first-order chi connectivity index (χ1) is 17.2. The van der Waals surface area contributed by atoms with Gasteiger partial charge in [0.15, 0.2) is 0 Å². The fourth-order valence-corrected chi connectivity index (χ4v) is 4.93. The highest BCUT2D eigenvalue weighted by molar-refractivity contribution is 7.92. The van der Waals surface area contributed by atoms with Crippen molar-refractivity contribution in [1.29, 1.82) is 0 Å². The Labute approximate surface area is 209 Å². The zero-order valence-electron chi connectivity index (χ0n) is 20.2. The lowest BCUT2D eigenvalue weighted by Crippen LogP contribution is -2.20. The molecule has 0 spiro atoms. The number of nitrogens with one attached hydrogen (secondary N) is 2. The Morgan fingerprint density at radius 1 is 1.06 bits per heavy atom. The molecule has 0 bridgehead atoms. The summed E-state index contributed by atoms with van der Waals surface area (Å²) in [6.07, 6.45) is 0.0802. The van der Waals surface area contributed by atoms with Gasteiger partial charge >= 0.3 is 0 Å². The summed E-state index contributed by atoms with van der Waals surface area (Å²) in [7, 11) is -2.24. The molecule has 7 nitrogen and oxygen atoms in total. The van der Waals surface area contributed by atoms with Gasteiger partial charge in [0.25, 0.3) is 5.91 Å². The summed E-state index contributed by atoms with van der Waals surface area (Å²) in [5.74, 6) is -0.448. The maximum Gasteiger partial charge on any atom is 0.255 e. The van der Waals surface area contributed by atoms with Crippen molar-refractivity contribution >= 4 is 32.6 Å². The number of aryl methyl sites for hydroxylation is 1. The number of anilines is 1. The summed E-state index contributed by atoms with van der Waals surface area (Å²) >= 11 is 0. The highest BCUT2D eigenvalue weighted by Crippen LogP contribution is 2.39. The molecule has 0 aliphatic heterocycles. The van der Waals surface area contributed by atoms with Crippen LogP contribution in [0.2, 0.25) is 0 Å². The number of sulfonamides is 1. The van der Waals surface area contributed by atoms with Crippen LogP contribution in [0.4, 0.5) is 10.1 Å². The number of carbonyl (C=O) groups excluding carboxylic acids is 1. The SMILES string of the molecule is CNC(=O)c1c(-c2ccc(F)cc2)oc2cc(NS(=O)(=O)CCc3ccccc3)c(OC(C)C)cc12. The van der Waals surface area contributed by atoms with Gasteiger partial charge in [-0.1, -0.05) is 30.3 Å². The van der Waals surface area contributed by atoms with Crippen LogP contribution in [0.1, 0.15) is 29.8 Å². The average molecular weight is 511 g/mol. The Kier molecular flexibility index (Phi) is 7.30. The summed E-state index contributed by atoms with van der Waals surface area (Å²) in [6.45, 7) is 3.63. The van der Waals surface area contributed by atoms with E-state index in [0.29, 0.717) is 17.4 Å². The van der Waals surface area contributed by atoms with Crippen molar-refractivity contribution in [2.24, 2.45) is 0 Å².